The fraction of sp³-hybridized carbons (Fsp3) is 0.381. The van der Waals surface area contributed by atoms with Gasteiger partial charge in [0.1, 0.15) is 5.52 Å². The van der Waals surface area contributed by atoms with Crippen molar-refractivity contribution >= 4 is 40.1 Å². The van der Waals surface area contributed by atoms with Crippen LogP contribution in [-0.4, -0.2) is 40.3 Å². The first kappa shape index (κ1) is 21.0. The average molecular weight is 414 g/mol. The Bertz CT molecular complexity index is 1070. The summed E-state index contributed by atoms with van der Waals surface area (Å²) in [6.45, 7) is 5.91. The summed E-state index contributed by atoms with van der Waals surface area (Å²) >= 11 is 1.28. The predicted octanol–water partition coefficient (Wildman–Crippen LogP) is 3.80. The number of rotatable bonds is 7. The molecule has 0 spiro atoms. The zero-order valence-electron chi connectivity index (χ0n) is 17.4. The molecule has 0 unspecified atom stereocenters. The van der Waals surface area contributed by atoms with Crippen LogP contribution >= 0.6 is 11.8 Å². The first-order valence-corrected chi connectivity index (χ1v) is 10.6. The van der Waals surface area contributed by atoms with Gasteiger partial charge < -0.3 is 15.2 Å². The summed E-state index contributed by atoms with van der Waals surface area (Å²) in [5, 5.41) is 3.46. The molecule has 3 rings (SSSR count). The first-order valence-electron chi connectivity index (χ1n) is 9.62. The van der Waals surface area contributed by atoms with Gasteiger partial charge in [0, 0.05) is 37.2 Å². The number of hydrogen-bond acceptors (Lipinski definition) is 5. The van der Waals surface area contributed by atoms with Crippen molar-refractivity contribution in [3.05, 3.63) is 46.4 Å². The second kappa shape index (κ2) is 8.73. The molecule has 0 bridgehead atoms. The monoisotopic (exact) mass is 413 g/mol. The Morgan fingerprint density at radius 3 is 2.62 bits per heavy atom. The lowest BCUT2D eigenvalue weighted by Crippen LogP contribution is -2.26. The summed E-state index contributed by atoms with van der Waals surface area (Å²) in [6.07, 6.45) is 0.796. The highest BCUT2D eigenvalue weighted by Crippen LogP contribution is 2.23. The summed E-state index contributed by atoms with van der Waals surface area (Å²) in [5.41, 5.74) is 3.74. The van der Waals surface area contributed by atoms with Crippen LogP contribution < -0.4 is 15.8 Å². The average Bonchev–Trinajstić information content (AvgIpc) is 3.07. The standard InChI is InChI=1S/C21H27N5O2S/c1-6-14(3)26-20(28)19-17(11-13(2)22-19)24-21(26)29-12-18(27)23-15-7-9-16(10-8-15)25(4)5/h7-11,14,22H,6,12H2,1-5H3,(H,23,27)/t14-/m0/s1. The van der Waals surface area contributed by atoms with Gasteiger partial charge in [-0.05, 0) is 50.6 Å². The number of H-pyrrole nitrogens is 1. The molecule has 0 aliphatic carbocycles. The number of fused-ring (bicyclic) bond motifs is 1. The lowest BCUT2D eigenvalue weighted by molar-refractivity contribution is -0.113. The smallest absolute Gasteiger partial charge is 0.278 e. The molecule has 29 heavy (non-hydrogen) atoms. The molecule has 0 saturated heterocycles. The maximum absolute atomic E-state index is 13.0. The molecule has 2 heterocycles. The molecule has 0 aliphatic rings. The number of benzene rings is 1. The Balaban J connectivity index is 1.78. The fourth-order valence-corrected chi connectivity index (χ4v) is 3.93. The van der Waals surface area contributed by atoms with E-state index in [-0.39, 0.29) is 23.3 Å². The van der Waals surface area contributed by atoms with Crippen LogP contribution in [0.4, 0.5) is 11.4 Å². The third-order valence-corrected chi connectivity index (χ3v) is 5.77. The Morgan fingerprint density at radius 1 is 1.31 bits per heavy atom. The van der Waals surface area contributed by atoms with Crippen molar-refractivity contribution in [2.45, 2.75) is 38.4 Å². The quantitative estimate of drug-likeness (QED) is 0.455. The minimum Gasteiger partial charge on any atom is -0.378 e. The molecule has 3 aromatic rings. The van der Waals surface area contributed by atoms with Crippen molar-refractivity contribution < 1.29 is 4.79 Å². The van der Waals surface area contributed by atoms with E-state index >= 15 is 0 Å². The number of hydrogen-bond donors (Lipinski definition) is 2. The van der Waals surface area contributed by atoms with Crippen molar-refractivity contribution in [2.24, 2.45) is 0 Å². The minimum atomic E-state index is -0.136. The molecule has 1 atom stereocenters. The number of carbonyl (C=O) groups excluding carboxylic acids is 1. The summed E-state index contributed by atoms with van der Waals surface area (Å²) in [7, 11) is 3.94. The number of nitrogens with one attached hydrogen (secondary N) is 2. The van der Waals surface area contributed by atoms with E-state index in [9.17, 15) is 9.59 Å². The van der Waals surface area contributed by atoms with E-state index in [4.69, 9.17) is 0 Å². The van der Waals surface area contributed by atoms with E-state index in [2.05, 4.69) is 15.3 Å². The van der Waals surface area contributed by atoms with Crippen molar-refractivity contribution in [3.8, 4) is 0 Å². The normalized spacial score (nSPS) is 12.2. The summed E-state index contributed by atoms with van der Waals surface area (Å²) in [6, 6.07) is 9.50. The Labute approximate surface area is 174 Å². The Morgan fingerprint density at radius 2 is 2.00 bits per heavy atom. The molecule has 2 N–H and O–H groups in total. The number of amides is 1. The van der Waals surface area contributed by atoms with E-state index < -0.39 is 0 Å². The lowest BCUT2D eigenvalue weighted by atomic mass is 10.2. The topological polar surface area (TPSA) is 83.0 Å². The van der Waals surface area contributed by atoms with Crippen LogP contribution in [-0.2, 0) is 4.79 Å². The van der Waals surface area contributed by atoms with Gasteiger partial charge in [0.15, 0.2) is 5.16 Å². The third kappa shape index (κ3) is 4.64. The van der Waals surface area contributed by atoms with Crippen molar-refractivity contribution in [1.29, 1.82) is 0 Å². The molecule has 1 amide bonds. The van der Waals surface area contributed by atoms with Crippen LogP contribution in [0.2, 0.25) is 0 Å². The molecule has 154 valence electrons. The van der Waals surface area contributed by atoms with Crippen molar-refractivity contribution in [2.75, 3.05) is 30.1 Å². The molecule has 7 nitrogen and oxygen atoms in total. The highest BCUT2D eigenvalue weighted by Gasteiger charge is 2.18. The van der Waals surface area contributed by atoms with Crippen LogP contribution in [0.15, 0.2) is 40.3 Å². The van der Waals surface area contributed by atoms with Gasteiger partial charge in [0.25, 0.3) is 5.56 Å². The number of aromatic nitrogens is 3. The van der Waals surface area contributed by atoms with Crippen molar-refractivity contribution in [3.63, 3.8) is 0 Å². The molecular formula is C21H27N5O2S. The van der Waals surface area contributed by atoms with Gasteiger partial charge in [-0.2, -0.15) is 0 Å². The summed E-state index contributed by atoms with van der Waals surface area (Å²) < 4.78 is 1.68. The van der Waals surface area contributed by atoms with Gasteiger partial charge in [-0.25, -0.2) is 4.98 Å². The van der Waals surface area contributed by atoms with Crippen LogP contribution in [0.1, 0.15) is 32.0 Å². The maximum atomic E-state index is 13.0. The number of nitrogens with zero attached hydrogens (tertiary/aromatic N) is 3. The van der Waals surface area contributed by atoms with E-state index in [0.29, 0.717) is 16.2 Å². The van der Waals surface area contributed by atoms with E-state index in [0.717, 1.165) is 23.5 Å². The Hall–Kier alpha value is -2.74. The number of anilines is 2. The van der Waals surface area contributed by atoms with E-state index in [1.807, 2.05) is 70.1 Å². The molecule has 8 heteroatoms. The van der Waals surface area contributed by atoms with Crippen LogP contribution in [0, 0.1) is 6.92 Å². The molecule has 1 aromatic carbocycles. The van der Waals surface area contributed by atoms with Crippen LogP contribution in [0.3, 0.4) is 0 Å². The summed E-state index contributed by atoms with van der Waals surface area (Å²) in [4.78, 5) is 35.1. The molecular weight excluding hydrogens is 386 g/mol. The predicted molar refractivity (Wildman–Crippen MR) is 120 cm³/mol. The van der Waals surface area contributed by atoms with Crippen molar-refractivity contribution in [1.82, 2.24) is 14.5 Å². The number of aryl methyl sites for hydroxylation is 1. The van der Waals surface area contributed by atoms with Gasteiger partial charge in [-0.15, -0.1) is 0 Å². The van der Waals surface area contributed by atoms with Gasteiger partial charge in [0.05, 0.1) is 11.3 Å². The number of carbonyl (C=O) groups is 1. The summed E-state index contributed by atoms with van der Waals surface area (Å²) in [5.74, 6) is 0.0376. The van der Waals surface area contributed by atoms with E-state index in [1.165, 1.54) is 11.8 Å². The maximum Gasteiger partial charge on any atom is 0.278 e. The van der Waals surface area contributed by atoms with E-state index in [1.54, 1.807) is 4.57 Å². The highest BCUT2D eigenvalue weighted by molar-refractivity contribution is 7.99. The zero-order chi connectivity index (χ0) is 21.1. The van der Waals surface area contributed by atoms with Crippen LogP contribution in [0.25, 0.3) is 11.0 Å². The number of thioether (sulfide) groups is 1. The van der Waals surface area contributed by atoms with Gasteiger partial charge >= 0.3 is 0 Å². The molecule has 0 aliphatic heterocycles. The largest absolute Gasteiger partial charge is 0.378 e. The lowest BCUT2D eigenvalue weighted by Gasteiger charge is -2.17. The molecule has 2 aromatic heterocycles. The highest BCUT2D eigenvalue weighted by atomic mass is 32.2. The second-order valence-corrected chi connectivity index (χ2v) is 8.26. The SMILES string of the molecule is CC[C@H](C)n1c(SCC(=O)Nc2ccc(N(C)C)cc2)nc2cc(C)[nH]c2c1=O. The fourth-order valence-electron chi connectivity index (χ4n) is 3.03. The first-order chi connectivity index (χ1) is 13.8. The zero-order valence-corrected chi connectivity index (χ0v) is 18.3. The van der Waals surface area contributed by atoms with Crippen LogP contribution in [0.5, 0.6) is 0 Å². The minimum absolute atomic E-state index is 0.00727. The molecule has 0 radical (unpaired) electrons. The Kier molecular flexibility index (Phi) is 6.32. The second-order valence-electron chi connectivity index (χ2n) is 7.32. The number of aromatic amines is 1. The molecule has 0 fully saturated rings. The molecule has 0 saturated carbocycles. The van der Waals surface area contributed by atoms with Gasteiger partial charge in [0.2, 0.25) is 5.91 Å². The van der Waals surface area contributed by atoms with Gasteiger partial charge in [-0.1, -0.05) is 18.7 Å². The third-order valence-electron chi connectivity index (χ3n) is 4.82. The van der Waals surface area contributed by atoms with Gasteiger partial charge in [-0.3, -0.25) is 14.2 Å².